The van der Waals surface area contributed by atoms with E-state index in [1.807, 2.05) is 0 Å². The lowest BCUT2D eigenvalue weighted by atomic mass is 10.1. The van der Waals surface area contributed by atoms with Crippen molar-refractivity contribution in [2.45, 2.75) is 31.7 Å². The molecule has 0 aromatic carbocycles. The van der Waals surface area contributed by atoms with Crippen molar-refractivity contribution in [3.63, 3.8) is 0 Å². The number of morpholine rings is 1. The number of hydrogen-bond donors (Lipinski definition) is 2. The number of carbonyl (C=O) groups excluding carboxylic acids is 1. The van der Waals surface area contributed by atoms with E-state index in [9.17, 15) is 9.59 Å². The maximum atomic E-state index is 12.2. The predicted octanol–water partition coefficient (Wildman–Crippen LogP) is -1.18. The number of oxime groups is 1. The number of nitrogens with zero attached hydrogens (tertiary/aromatic N) is 2. The summed E-state index contributed by atoms with van der Waals surface area (Å²) in [4.78, 5) is 29.3. The summed E-state index contributed by atoms with van der Waals surface area (Å²) in [6.45, 7) is 2.28. The van der Waals surface area contributed by atoms with Crippen LogP contribution in [-0.2, 0) is 19.2 Å². The van der Waals surface area contributed by atoms with Crippen molar-refractivity contribution in [2.75, 3.05) is 19.7 Å². The number of carboxylic acid groups (broad SMARTS) is 1. The molecule has 0 spiro atoms. The predicted molar refractivity (Wildman–Crippen MR) is 62.6 cm³/mol. The molecule has 0 aromatic heterocycles. The molecule has 1 amide bonds. The maximum absolute atomic E-state index is 12.2. The van der Waals surface area contributed by atoms with Crippen LogP contribution in [0.1, 0.15) is 13.3 Å². The summed E-state index contributed by atoms with van der Waals surface area (Å²) < 4.78 is 5.43. The van der Waals surface area contributed by atoms with E-state index in [4.69, 9.17) is 19.8 Å². The van der Waals surface area contributed by atoms with Gasteiger partial charge in [-0.05, 0) is 6.92 Å². The van der Waals surface area contributed by atoms with E-state index < -0.39 is 18.2 Å². The van der Waals surface area contributed by atoms with Gasteiger partial charge in [-0.1, -0.05) is 5.16 Å². The minimum absolute atomic E-state index is 0.0380. The van der Waals surface area contributed by atoms with Crippen molar-refractivity contribution < 1.29 is 29.4 Å². The van der Waals surface area contributed by atoms with Crippen molar-refractivity contribution in [3.05, 3.63) is 0 Å². The van der Waals surface area contributed by atoms with Crippen molar-refractivity contribution in [2.24, 2.45) is 5.16 Å². The fourth-order valence-corrected chi connectivity index (χ4v) is 2.17. The Kier molecular flexibility index (Phi) is 4.01. The molecule has 3 atom stereocenters. The van der Waals surface area contributed by atoms with Crippen molar-refractivity contribution >= 4 is 17.6 Å². The molecule has 2 aliphatic rings. The van der Waals surface area contributed by atoms with Crippen LogP contribution in [0.5, 0.6) is 0 Å². The second-order valence-corrected chi connectivity index (χ2v) is 4.64. The number of aliphatic hydroxyl groups excluding tert-OH is 1. The first-order valence-electron chi connectivity index (χ1n) is 6.02. The molecule has 0 bridgehead atoms. The smallest absolute Gasteiger partial charge is 0.353 e. The molecule has 19 heavy (non-hydrogen) atoms. The molecular weight excluding hydrogens is 256 g/mol. The van der Waals surface area contributed by atoms with Crippen LogP contribution in [0, 0.1) is 0 Å². The number of rotatable bonds is 3. The summed E-state index contributed by atoms with van der Waals surface area (Å²) in [6.07, 6.45) is -1.54. The lowest BCUT2D eigenvalue weighted by Crippen LogP contribution is -2.53. The monoisotopic (exact) mass is 272 g/mol. The third-order valence-electron chi connectivity index (χ3n) is 3.03. The normalized spacial score (nSPS) is 30.7. The molecule has 8 heteroatoms. The lowest BCUT2D eigenvalue weighted by molar-refractivity contribution is -0.156. The van der Waals surface area contributed by atoms with Gasteiger partial charge >= 0.3 is 5.97 Å². The third-order valence-corrected chi connectivity index (χ3v) is 3.03. The van der Waals surface area contributed by atoms with Crippen LogP contribution in [-0.4, -0.2) is 70.7 Å². The van der Waals surface area contributed by atoms with E-state index in [0.717, 1.165) is 0 Å². The number of ether oxygens (including phenoxy) is 1. The minimum Gasteiger partial charge on any atom is -0.477 e. The molecule has 1 saturated heterocycles. The Hall–Kier alpha value is -1.67. The summed E-state index contributed by atoms with van der Waals surface area (Å²) in [5.41, 5.74) is -0.154. The lowest BCUT2D eigenvalue weighted by Gasteiger charge is -2.36. The highest BCUT2D eigenvalue weighted by Crippen LogP contribution is 2.17. The Morgan fingerprint density at radius 2 is 2.21 bits per heavy atom. The second kappa shape index (κ2) is 5.54. The van der Waals surface area contributed by atoms with Crippen molar-refractivity contribution in [1.82, 2.24) is 4.90 Å². The molecule has 106 valence electrons. The van der Waals surface area contributed by atoms with Gasteiger partial charge in [0.25, 0.3) is 5.91 Å². The molecule has 2 N–H and O–H groups in total. The fraction of sp³-hybridized carbons (Fsp3) is 0.727. The third kappa shape index (κ3) is 3.02. The van der Waals surface area contributed by atoms with Crippen LogP contribution in [0.25, 0.3) is 0 Å². The molecule has 0 saturated carbocycles. The van der Waals surface area contributed by atoms with Crippen LogP contribution in [0.3, 0.4) is 0 Å². The molecular formula is C11H16N2O6. The van der Waals surface area contributed by atoms with Gasteiger partial charge < -0.3 is 24.7 Å². The quantitative estimate of drug-likeness (QED) is 0.669. The summed E-state index contributed by atoms with van der Waals surface area (Å²) in [7, 11) is 0. The van der Waals surface area contributed by atoms with Gasteiger partial charge in [-0.2, -0.15) is 0 Å². The van der Waals surface area contributed by atoms with Crippen LogP contribution in [0.15, 0.2) is 5.16 Å². The Morgan fingerprint density at radius 3 is 2.79 bits per heavy atom. The summed E-state index contributed by atoms with van der Waals surface area (Å²) in [6, 6.07) is 0. The molecule has 8 nitrogen and oxygen atoms in total. The average molecular weight is 272 g/mol. The average Bonchev–Trinajstić information content (AvgIpc) is 2.86. The van der Waals surface area contributed by atoms with Crippen molar-refractivity contribution in [3.8, 4) is 0 Å². The van der Waals surface area contributed by atoms with Gasteiger partial charge in [0.15, 0.2) is 5.71 Å². The van der Waals surface area contributed by atoms with Gasteiger partial charge in [-0.3, -0.25) is 4.79 Å². The summed E-state index contributed by atoms with van der Waals surface area (Å²) >= 11 is 0. The fourth-order valence-electron chi connectivity index (χ4n) is 2.17. The maximum Gasteiger partial charge on any atom is 0.353 e. The van der Waals surface area contributed by atoms with E-state index in [2.05, 4.69) is 5.16 Å². The van der Waals surface area contributed by atoms with E-state index in [1.165, 1.54) is 4.90 Å². The first kappa shape index (κ1) is 13.8. The number of aliphatic carboxylic acids is 1. The minimum atomic E-state index is -1.18. The number of amides is 1. The van der Waals surface area contributed by atoms with Gasteiger partial charge in [0.1, 0.15) is 0 Å². The number of aliphatic hydroxyl groups is 1. The van der Waals surface area contributed by atoms with Gasteiger partial charge in [0.2, 0.25) is 6.10 Å². The van der Waals surface area contributed by atoms with Gasteiger partial charge in [0, 0.05) is 19.5 Å². The molecule has 0 aromatic rings. The zero-order valence-electron chi connectivity index (χ0n) is 10.5. The Labute approximate surface area is 109 Å². The molecule has 0 radical (unpaired) electrons. The van der Waals surface area contributed by atoms with Gasteiger partial charge in [0.05, 0.1) is 18.8 Å². The SMILES string of the molecule is CC1CN(C(=O)C2CC(C(=O)O)=NO2)CC(CO)O1. The molecule has 1 fully saturated rings. The van der Waals surface area contributed by atoms with Gasteiger partial charge in [-0.25, -0.2) is 4.79 Å². The highest BCUT2D eigenvalue weighted by molar-refractivity contribution is 6.36. The molecule has 0 aliphatic carbocycles. The standard InChI is InChI=1S/C11H16N2O6/c1-6-3-13(4-7(5-14)18-6)10(15)9-2-8(11(16)17)12-19-9/h6-7,9,14H,2-5H2,1H3,(H,16,17). The molecule has 2 heterocycles. The van der Waals surface area contributed by atoms with E-state index >= 15 is 0 Å². The highest BCUT2D eigenvalue weighted by Gasteiger charge is 2.37. The second-order valence-electron chi connectivity index (χ2n) is 4.64. The zero-order valence-corrected chi connectivity index (χ0v) is 10.5. The van der Waals surface area contributed by atoms with Crippen LogP contribution in [0.2, 0.25) is 0 Å². The largest absolute Gasteiger partial charge is 0.477 e. The molecule has 2 rings (SSSR count). The highest BCUT2D eigenvalue weighted by atomic mass is 16.6. The summed E-state index contributed by atoms with van der Waals surface area (Å²) in [5, 5.41) is 21.2. The van der Waals surface area contributed by atoms with Crippen LogP contribution in [0.4, 0.5) is 0 Å². The first-order chi connectivity index (χ1) is 9.01. The molecule has 2 aliphatic heterocycles. The number of carbonyl (C=O) groups is 2. The Balaban J connectivity index is 1.95. The topological polar surface area (TPSA) is 109 Å². The van der Waals surface area contributed by atoms with Crippen LogP contribution >= 0.6 is 0 Å². The Bertz CT molecular complexity index is 410. The Morgan fingerprint density at radius 1 is 1.47 bits per heavy atom. The van der Waals surface area contributed by atoms with E-state index in [0.29, 0.717) is 6.54 Å². The number of hydrogen-bond acceptors (Lipinski definition) is 6. The summed E-state index contributed by atoms with van der Waals surface area (Å²) in [5.74, 6) is -1.51. The van der Waals surface area contributed by atoms with E-state index in [-0.39, 0.29) is 37.3 Å². The zero-order chi connectivity index (χ0) is 14.0. The van der Waals surface area contributed by atoms with Crippen molar-refractivity contribution in [1.29, 1.82) is 0 Å². The molecule has 3 unspecified atom stereocenters. The van der Waals surface area contributed by atoms with Gasteiger partial charge in [-0.15, -0.1) is 0 Å². The number of carboxylic acids is 1. The van der Waals surface area contributed by atoms with E-state index in [1.54, 1.807) is 6.92 Å². The first-order valence-corrected chi connectivity index (χ1v) is 6.02. The van der Waals surface area contributed by atoms with Crippen LogP contribution < -0.4 is 0 Å².